The SMILES string of the molecule is COc1cc(/C=C/C(=O)OCC(=O)Nc2cccc(F)c2)cc(OC)c1OC. The predicted molar refractivity (Wildman–Crippen MR) is 101 cm³/mol. The Morgan fingerprint density at radius 2 is 1.71 bits per heavy atom. The predicted octanol–water partition coefficient (Wildman–Crippen LogP) is 3.05. The zero-order valence-electron chi connectivity index (χ0n) is 15.7. The number of amides is 1. The standard InChI is InChI=1S/C20H20FNO6/c1-25-16-9-13(10-17(26-2)20(16)27-3)7-8-19(24)28-12-18(23)22-15-6-4-5-14(21)11-15/h4-11H,12H2,1-3H3,(H,22,23)/b8-7+. The van der Waals surface area contributed by atoms with Crippen LogP contribution in [0.5, 0.6) is 17.2 Å². The van der Waals surface area contributed by atoms with E-state index in [1.807, 2.05) is 0 Å². The summed E-state index contributed by atoms with van der Waals surface area (Å²) in [6.07, 6.45) is 2.65. The smallest absolute Gasteiger partial charge is 0.331 e. The number of rotatable bonds is 8. The van der Waals surface area contributed by atoms with Gasteiger partial charge in [-0.25, -0.2) is 9.18 Å². The van der Waals surface area contributed by atoms with Crippen molar-refractivity contribution in [2.45, 2.75) is 0 Å². The van der Waals surface area contributed by atoms with Gasteiger partial charge in [-0.3, -0.25) is 4.79 Å². The summed E-state index contributed by atoms with van der Waals surface area (Å²) >= 11 is 0. The maximum Gasteiger partial charge on any atom is 0.331 e. The molecule has 0 aliphatic heterocycles. The number of halogens is 1. The fourth-order valence-corrected chi connectivity index (χ4v) is 2.31. The highest BCUT2D eigenvalue weighted by Gasteiger charge is 2.12. The Balaban J connectivity index is 1.95. The van der Waals surface area contributed by atoms with Crippen molar-refractivity contribution in [3.8, 4) is 17.2 Å². The lowest BCUT2D eigenvalue weighted by molar-refractivity contribution is -0.142. The van der Waals surface area contributed by atoms with Crippen LogP contribution < -0.4 is 19.5 Å². The van der Waals surface area contributed by atoms with E-state index in [9.17, 15) is 14.0 Å². The van der Waals surface area contributed by atoms with E-state index in [4.69, 9.17) is 18.9 Å². The average molecular weight is 389 g/mol. The van der Waals surface area contributed by atoms with E-state index in [0.717, 1.165) is 12.1 Å². The number of benzene rings is 2. The molecule has 1 N–H and O–H groups in total. The van der Waals surface area contributed by atoms with Gasteiger partial charge in [0.05, 0.1) is 21.3 Å². The molecular weight excluding hydrogens is 369 g/mol. The van der Waals surface area contributed by atoms with E-state index in [1.54, 1.807) is 12.1 Å². The molecule has 2 rings (SSSR count). The Hall–Kier alpha value is -3.55. The molecule has 0 bridgehead atoms. The van der Waals surface area contributed by atoms with Gasteiger partial charge in [0.2, 0.25) is 5.75 Å². The summed E-state index contributed by atoms with van der Waals surface area (Å²) in [5.41, 5.74) is 0.879. The minimum absolute atomic E-state index is 0.272. The van der Waals surface area contributed by atoms with Crippen molar-refractivity contribution >= 4 is 23.6 Å². The van der Waals surface area contributed by atoms with E-state index >= 15 is 0 Å². The summed E-state index contributed by atoms with van der Waals surface area (Å²) in [5, 5.41) is 2.43. The number of hydrogen-bond donors (Lipinski definition) is 1. The molecule has 0 saturated carbocycles. The van der Waals surface area contributed by atoms with Crippen molar-refractivity contribution in [3.05, 3.63) is 53.9 Å². The van der Waals surface area contributed by atoms with Crippen LogP contribution in [0.4, 0.5) is 10.1 Å². The van der Waals surface area contributed by atoms with Crippen molar-refractivity contribution < 1.29 is 32.9 Å². The highest BCUT2D eigenvalue weighted by atomic mass is 19.1. The molecule has 0 atom stereocenters. The number of carbonyl (C=O) groups is 2. The van der Waals surface area contributed by atoms with Gasteiger partial charge in [-0.05, 0) is 42.0 Å². The summed E-state index contributed by atoms with van der Waals surface area (Å²) in [4.78, 5) is 23.6. The van der Waals surface area contributed by atoms with Gasteiger partial charge < -0.3 is 24.3 Å². The molecular formula is C20H20FNO6. The van der Waals surface area contributed by atoms with Crippen LogP contribution in [-0.4, -0.2) is 39.8 Å². The molecule has 148 valence electrons. The number of anilines is 1. The normalized spacial score (nSPS) is 10.4. The van der Waals surface area contributed by atoms with Gasteiger partial charge in [-0.2, -0.15) is 0 Å². The van der Waals surface area contributed by atoms with Crippen LogP contribution in [0.3, 0.4) is 0 Å². The number of ether oxygens (including phenoxy) is 4. The van der Waals surface area contributed by atoms with E-state index in [2.05, 4.69) is 5.32 Å². The second-order valence-electron chi connectivity index (χ2n) is 5.46. The molecule has 8 heteroatoms. The van der Waals surface area contributed by atoms with Crippen molar-refractivity contribution in [2.75, 3.05) is 33.3 Å². The van der Waals surface area contributed by atoms with Crippen molar-refractivity contribution in [3.63, 3.8) is 0 Å². The van der Waals surface area contributed by atoms with Gasteiger partial charge in [0.1, 0.15) is 5.82 Å². The lowest BCUT2D eigenvalue weighted by Gasteiger charge is -2.12. The van der Waals surface area contributed by atoms with Crippen LogP contribution in [0.15, 0.2) is 42.5 Å². The molecule has 0 aliphatic rings. The monoisotopic (exact) mass is 389 g/mol. The maximum atomic E-state index is 13.1. The molecule has 1 amide bonds. The number of nitrogens with one attached hydrogen (secondary N) is 1. The van der Waals surface area contributed by atoms with Crippen LogP contribution in [0, 0.1) is 5.82 Å². The molecule has 0 aromatic heterocycles. The zero-order valence-corrected chi connectivity index (χ0v) is 15.7. The summed E-state index contributed by atoms with van der Waals surface area (Å²) in [7, 11) is 4.45. The highest BCUT2D eigenvalue weighted by molar-refractivity contribution is 5.94. The number of hydrogen-bond acceptors (Lipinski definition) is 6. The number of methoxy groups -OCH3 is 3. The molecule has 28 heavy (non-hydrogen) atoms. The largest absolute Gasteiger partial charge is 0.493 e. The second kappa shape index (κ2) is 9.96. The van der Waals surface area contributed by atoms with Crippen LogP contribution in [-0.2, 0) is 14.3 Å². The lowest BCUT2D eigenvalue weighted by Crippen LogP contribution is -2.20. The molecule has 2 aromatic carbocycles. The van der Waals surface area contributed by atoms with Crippen molar-refractivity contribution in [2.24, 2.45) is 0 Å². The molecule has 0 spiro atoms. The average Bonchev–Trinajstić information content (AvgIpc) is 2.69. The van der Waals surface area contributed by atoms with E-state index in [1.165, 1.54) is 45.6 Å². The Morgan fingerprint density at radius 3 is 2.29 bits per heavy atom. The third kappa shape index (κ3) is 5.73. The molecule has 0 heterocycles. The summed E-state index contributed by atoms with van der Waals surface area (Å²) in [6, 6.07) is 8.70. The summed E-state index contributed by atoms with van der Waals surface area (Å²) < 4.78 is 33.6. The molecule has 7 nitrogen and oxygen atoms in total. The highest BCUT2D eigenvalue weighted by Crippen LogP contribution is 2.38. The first kappa shape index (κ1) is 20.8. The minimum Gasteiger partial charge on any atom is -0.493 e. The Kier molecular flexibility index (Phi) is 7.38. The topological polar surface area (TPSA) is 83.1 Å². The van der Waals surface area contributed by atoms with Gasteiger partial charge in [-0.15, -0.1) is 0 Å². The number of carbonyl (C=O) groups excluding carboxylic acids is 2. The van der Waals surface area contributed by atoms with Gasteiger partial charge in [-0.1, -0.05) is 6.07 Å². The molecule has 0 unspecified atom stereocenters. The van der Waals surface area contributed by atoms with Gasteiger partial charge in [0, 0.05) is 11.8 Å². The quantitative estimate of drug-likeness (QED) is 0.552. The van der Waals surface area contributed by atoms with Crippen LogP contribution in [0.25, 0.3) is 6.08 Å². The fourth-order valence-electron chi connectivity index (χ4n) is 2.31. The minimum atomic E-state index is -0.719. The van der Waals surface area contributed by atoms with Crippen molar-refractivity contribution in [1.29, 1.82) is 0 Å². The zero-order chi connectivity index (χ0) is 20.5. The van der Waals surface area contributed by atoms with E-state index < -0.39 is 24.3 Å². The second-order valence-corrected chi connectivity index (χ2v) is 5.46. The first-order valence-electron chi connectivity index (χ1n) is 8.17. The van der Waals surface area contributed by atoms with Crippen LogP contribution >= 0.6 is 0 Å². The molecule has 0 saturated heterocycles. The van der Waals surface area contributed by atoms with E-state index in [0.29, 0.717) is 22.8 Å². The summed E-state index contributed by atoms with van der Waals surface area (Å²) in [5.74, 6) is -0.487. The maximum absolute atomic E-state index is 13.1. The van der Waals surface area contributed by atoms with E-state index in [-0.39, 0.29) is 5.69 Å². The Labute approximate surface area is 161 Å². The van der Waals surface area contributed by atoms with Crippen molar-refractivity contribution in [1.82, 2.24) is 0 Å². The van der Waals surface area contributed by atoms with Gasteiger partial charge >= 0.3 is 5.97 Å². The molecule has 0 radical (unpaired) electrons. The van der Waals surface area contributed by atoms with Gasteiger partial charge in [0.25, 0.3) is 5.91 Å². The number of esters is 1. The van der Waals surface area contributed by atoms with Crippen LogP contribution in [0.1, 0.15) is 5.56 Å². The van der Waals surface area contributed by atoms with Crippen LogP contribution in [0.2, 0.25) is 0 Å². The first-order chi connectivity index (χ1) is 13.5. The Morgan fingerprint density at radius 1 is 1.04 bits per heavy atom. The molecule has 0 fully saturated rings. The third-order valence-corrected chi connectivity index (χ3v) is 3.55. The molecule has 0 aliphatic carbocycles. The first-order valence-corrected chi connectivity index (χ1v) is 8.17. The fraction of sp³-hybridized carbons (Fsp3) is 0.200. The van der Waals surface area contributed by atoms with Gasteiger partial charge in [0.15, 0.2) is 18.1 Å². The molecule has 2 aromatic rings. The lowest BCUT2D eigenvalue weighted by atomic mass is 10.1. The third-order valence-electron chi connectivity index (χ3n) is 3.55. The Bertz CT molecular complexity index is 856. The summed E-state index contributed by atoms with van der Waals surface area (Å²) in [6.45, 7) is -0.505.